The van der Waals surface area contributed by atoms with Crippen LogP contribution in [0, 0.1) is 5.41 Å². The van der Waals surface area contributed by atoms with E-state index in [2.05, 4.69) is 33.0 Å². The SMILES string of the molecule is CCCNC(CCCc1ccc(O)cc1)C(C)(C)C. The zero-order valence-electron chi connectivity index (χ0n) is 12.9. The van der Waals surface area contributed by atoms with E-state index >= 15 is 0 Å². The fraction of sp³-hybridized carbons (Fsp3) is 0.647. The van der Waals surface area contributed by atoms with Gasteiger partial charge in [-0.3, -0.25) is 0 Å². The molecule has 1 aromatic rings. The molecule has 2 heteroatoms. The maximum absolute atomic E-state index is 9.26. The second kappa shape index (κ2) is 7.54. The van der Waals surface area contributed by atoms with Gasteiger partial charge in [-0.05, 0) is 55.3 Å². The van der Waals surface area contributed by atoms with Crippen molar-refractivity contribution in [1.82, 2.24) is 5.32 Å². The summed E-state index contributed by atoms with van der Waals surface area (Å²) < 4.78 is 0. The first-order chi connectivity index (χ1) is 8.93. The Kier molecular flexibility index (Phi) is 6.36. The number of rotatable bonds is 7. The highest BCUT2D eigenvalue weighted by molar-refractivity contribution is 5.25. The minimum Gasteiger partial charge on any atom is -0.508 e. The van der Waals surface area contributed by atoms with Crippen molar-refractivity contribution >= 4 is 0 Å². The van der Waals surface area contributed by atoms with Crippen molar-refractivity contribution in [2.75, 3.05) is 6.54 Å². The highest BCUT2D eigenvalue weighted by Crippen LogP contribution is 2.24. The van der Waals surface area contributed by atoms with E-state index in [0.717, 1.165) is 13.0 Å². The Labute approximate surface area is 118 Å². The van der Waals surface area contributed by atoms with E-state index in [-0.39, 0.29) is 0 Å². The minimum absolute atomic E-state index is 0.310. The van der Waals surface area contributed by atoms with Gasteiger partial charge in [0.15, 0.2) is 0 Å². The van der Waals surface area contributed by atoms with Crippen molar-refractivity contribution < 1.29 is 5.11 Å². The molecular weight excluding hydrogens is 234 g/mol. The van der Waals surface area contributed by atoms with Crippen LogP contribution >= 0.6 is 0 Å². The van der Waals surface area contributed by atoms with Gasteiger partial charge in [-0.2, -0.15) is 0 Å². The molecule has 19 heavy (non-hydrogen) atoms. The van der Waals surface area contributed by atoms with Gasteiger partial charge in [-0.25, -0.2) is 0 Å². The Balaban J connectivity index is 2.41. The largest absolute Gasteiger partial charge is 0.508 e. The number of benzene rings is 1. The van der Waals surface area contributed by atoms with Crippen LogP contribution in [0.2, 0.25) is 0 Å². The predicted molar refractivity (Wildman–Crippen MR) is 82.6 cm³/mol. The highest BCUT2D eigenvalue weighted by atomic mass is 16.3. The number of phenolic OH excluding ortho intramolecular Hbond substituents is 1. The van der Waals surface area contributed by atoms with Crippen molar-refractivity contribution in [2.24, 2.45) is 5.41 Å². The molecule has 0 amide bonds. The zero-order valence-corrected chi connectivity index (χ0v) is 12.9. The van der Waals surface area contributed by atoms with Crippen molar-refractivity contribution in [3.63, 3.8) is 0 Å². The molecular formula is C17H29NO. The van der Waals surface area contributed by atoms with Gasteiger partial charge in [0.25, 0.3) is 0 Å². The first kappa shape index (κ1) is 16.0. The van der Waals surface area contributed by atoms with Gasteiger partial charge < -0.3 is 10.4 Å². The Morgan fingerprint density at radius 2 is 1.79 bits per heavy atom. The van der Waals surface area contributed by atoms with Crippen LogP contribution in [-0.4, -0.2) is 17.7 Å². The molecule has 1 unspecified atom stereocenters. The third kappa shape index (κ3) is 6.11. The topological polar surface area (TPSA) is 32.3 Å². The molecule has 1 aromatic carbocycles. The Morgan fingerprint density at radius 1 is 1.16 bits per heavy atom. The number of phenols is 1. The molecule has 0 saturated carbocycles. The summed E-state index contributed by atoms with van der Waals surface area (Å²) in [5, 5.41) is 12.9. The standard InChI is InChI=1S/C17H29NO/c1-5-13-18-16(17(2,3)4)8-6-7-14-9-11-15(19)12-10-14/h9-12,16,18-19H,5-8,13H2,1-4H3. The van der Waals surface area contributed by atoms with Gasteiger partial charge in [-0.15, -0.1) is 0 Å². The zero-order chi connectivity index (χ0) is 14.3. The molecule has 108 valence electrons. The Bertz CT molecular complexity index is 351. The van der Waals surface area contributed by atoms with E-state index in [9.17, 15) is 5.11 Å². The number of aromatic hydroxyl groups is 1. The van der Waals surface area contributed by atoms with Gasteiger partial charge in [0.2, 0.25) is 0 Å². The first-order valence-corrected chi connectivity index (χ1v) is 7.44. The molecule has 2 nitrogen and oxygen atoms in total. The third-order valence-corrected chi connectivity index (χ3v) is 3.58. The lowest BCUT2D eigenvalue weighted by molar-refractivity contribution is 0.251. The van der Waals surface area contributed by atoms with Crippen LogP contribution in [0.25, 0.3) is 0 Å². The Hall–Kier alpha value is -1.02. The highest BCUT2D eigenvalue weighted by Gasteiger charge is 2.23. The molecule has 0 saturated heterocycles. The van der Waals surface area contributed by atoms with Crippen LogP contribution in [0.5, 0.6) is 5.75 Å². The van der Waals surface area contributed by atoms with Gasteiger partial charge in [-0.1, -0.05) is 39.8 Å². The van der Waals surface area contributed by atoms with E-state index in [0.29, 0.717) is 17.2 Å². The maximum Gasteiger partial charge on any atom is 0.115 e. The molecule has 0 aliphatic heterocycles. The number of hydrogen-bond acceptors (Lipinski definition) is 2. The maximum atomic E-state index is 9.26. The van der Waals surface area contributed by atoms with Crippen molar-refractivity contribution in [3.8, 4) is 5.75 Å². The second-order valence-corrected chi connectivity index (χ2v) is 6.43. The van der Waals surface area contributed by atoms with Gasteiger partial charge in [0, 0.05) is 6.04 Å². The fourth-order valence-corrected chi connectivity index (χ4v) is 2.33. The lowest BCUT2D eigenvalue weighted by atomic mass is 9.83. The molecule has 0 aliphatic carbocycles. The molecule has 1 rings (SSSR count). The van der Waals surface area contributed by atoms with Crippen LogP contribution in [0.4, 0.5) is 0 Å². The van der Waals surface area contributed by atoms with Crippen LogP contribution in [-0.2, 0) is 6.42 Å². The molecule has 0 aromatic heterocycles. The lowest BCUT2D eigenvalue weighted by Crippen LogP contribution is -2.40. The molecule has 0 heterocycles. The summed E-state index contributed by atoms with van der Waals surface area (Å²) >= 11 is 0. The van der Waals surface area contributed by atoms with Gasteiger partial charge in [0.05, 0.1) is 0 Å². The summed E-state index contributed by atoms with van der Waals surface area (Å²) in [5.41, 5.74) is 1.62. The molecule has 2 N–H and O–H groups in total. The van der Waals surface area contributed by atoms with Crippen molar-refractivity contribution in [2.45, 2.75) is 59.4 Å². The average Bonchev–Trinajstić information content (AvgIpc) is 2.34. The number of aryl methyl sites for hydroxylation is 1. The molecule has 1 atom stereocenters. The lowest BCUT2D eigenvalue weighted by Gasteiger charge is -2.32. The van der Waals surface area contributed by atoms with E-state index in [1.54, 1.807) is 12.1 Å². The van der Waals surface area contributed by atoms with E-state index in [1.807, 2.05) is 12.1 Å². The summed E-state index contributed by atoms with van der Waals surface area (Å²) in [6, 6.07) is 8.14. The molecule has 0 aliphatic rings. The molecule has 0 spiro atoms. The average molecular weight is 263 g/mol. The summed E-state index contributed by atoms with van der Waals surface area (Å²) in [7, 11) is 0. The summed E-state index contributed by atoms with van der Waals surface area (Å²) in [6.45, 7) is 10.2. The van der Waals surface area contributed by atoms with E-state index in [4.69, 9.17) is 0 Å². The van der Waals surface area contributed by atoms with Gasteiger partial charge >= 0.3 is 0 Å². The van der Waals surface area contributed by atoms with Gasteiger partial charge in [0.1, 0.15) is 5.75 Å². The molecule has 0 radical (unpaired) electrons. The summed E-state index contributed by atoms with van der Waals surface area (Å²) in [5.74, 6) is 0.348. The van der Waals surface area contributed by atoms with Crippen LogP contribution in [0.1, 0.15) is 52.5 Å². The fourth-order valence-electron chi connectivity index (χ4n) is 2.33. The smallest absolute Gasteiger partial charge is 0.115 e. The van der Waals surface area contributed by atoms with Crippen LogP contribution < -0.4 is 5.32 Å². The van der Waals surface area contributed by atoms with Crippen LogP contribution in [0.15, 0.2) is 24.3 Å². The number of nitrogens with one attached hydrogen (secondary N) is 1. The minimum atomic E-state index is 0.310. The summed E-state index contributed by atoms with van der Waals surface area (Å²) in [6.07, 6.45) is 4.65. The first-order valence-electron chi connectivity index (χ1n) is 7.44. The predicted octanol–water partition coefficient (Wildman–Crippen LogP) is 4.13. The van der Waals surface area contributed by atoms with E-state index < -0.39 is 0 Å². The number of hydrogen-bond donors (Lipinski definition) is 2. The molecule has 0 fully saturated rings. The summed E-state index contributed by atoms with van der Waals surface area (Å²) in [4.78, 5) is 0. The monoisotopic (exact) mass is 263 g/mol. The molecule has 0 bridgehead atoms. The Morgan fingerprint density at radius 3 is 2.32 bits per heavy atom. The second-order valence-electron chi connectivity index (χ2n) is 6.43. The van der Waals surface area contributed by atoms with Crippen molar-refractivity contribution in [3.05, 3.63) is 29.8 Å². The van der Waals surface area contributed by atoms with E-state index in [1.165, 1.54) is 24.8 Å². The van der Waals surface area contributed by atoms with Crippen molar-refractivity contribution in [1.29, 1.82) is 0 Å². The quantitative estimate of drug-likeness (QED) is 0.775. The normalized spacial score (nSPS) is 13.5. The van der Waals surface area contributed by atoms with Crippen LogP contribution in [0.3, 0.4) is 0 Å². The third-order valence-electron chi connectivity index (χ3n) is 3.58.